The summed E-state index contributed by atoms with van der Waals surface area (Å²) >= 11 is 0. The van der Waals surface area contributed by atoms with Crippen molar-refractivity contribution < 1.29 is 14.3 Å². The molecule has 3 aromatic rings. The minimum absolute atomic E-state index is 0.0370. The summed E-state index contributed by atoms with van der Waals surface area (Å²) in [6.45, 7) is 13.3. The molecule has 2 N–H and O–H groups in total. The minimum atomic E-state index is -0.0370. The van der Waals surface area contributed by atoms with Gasteiger partial charge in [0.15, 0.2) is 12.6 Å². The van der Waals surface area contributed by atoms with Gasteiger partial charge >= 0.3 is 0 Å². The molecule has 0 radical (unpaired) electrons. The molecule has 0 aliphatic rings. The lowest BCUT2D eigenvalue weighted by Gasteiger charge is -2.09. The van der Waals surface area contributed by atoms with Crippen molar-refractivity contribution in [1.82, 2.24) is 9.55 Å². The maximum absolute atomic E-state index is 11.1. The van der Waals surface area contributed by atoms with Crippen molar-refractivity contribution in [3.8, 4) is 11.4 Å². The van der Waals surface area contributed by atoms with E-state index in [9.17, 15) is 4.79 Å². The second-order valence-corrected chi connectivity index (χ2v) is 5.89. The van der Waals surface area contributed by atoms with Gasteiger partial charge in [-0.2, -0.15) is 0 Å². The Labute approximate surface area is 173 Å². The number of hydrogen-bond donors (Lipinski definition) is 1. The SMILES string of the molecule is C=C.CCOC(C)OCC.Cn1c(-c2ccccc2N)nc2c(C=O)cccc21. The number of nitrogen functional groups attached to an aromatic ring is 1. The zero-order chi connectivity index (χ0) is 21.8. The predicted molar refractivity (Wildman–Crippen MR) is 120 cm³/mol. The van der Waals surface area contributed by atoms with Gasteiger partial charge in [0.05, 0.1) is 11.0 Å². The van der Waals surface area contributed by atoms with Crippen molar-refractivity contribution in [2.45, 2.75) is 27.1 Å². The number of benzene rings is 2. The van der Waals surface area contributed by atoms with E-state index in [1.165, 1.54) is 0 Å². The van der Waals surface area contributed by atoms with Gasteiger partial charge in [0.1, 0.15) is 5.82 Å². The lowest BCUT2D eigenvalue weighted by Crippen LogP contribution is -2.11. The molecule has 0 aliphatic carbocycles. The first-order valence-corrected chi connectivity index (χ1v) is 9.52. The number of ether oxygens (including phenoxy) is 2. The summed E-state index contributed by atoms with van der Waals surface area (Å²) in [6.07, 6.45) is 0.790. The molecular weight excluding hydrogens is 366 g/mol. The molecule has 0 atom stereocenters. The standard InChI is InChI=1S/C15H13N3O.C6H14O2.C2H4/c1-18-13-8-4-5-10(9-19)14(13)17-15(18)11-6-2-3-7-12(11)16;1-4-7-6(3)8-5-2;1-2/h2-9H,16H2,1H3;6H,4-5H2,1-3H3;1-2H2. The fraction of sp³-hybridized carbons (Fsp3) is 0.304. The average Bonchev–Trinajstić information content (AvgIpc) is 3.07. The summed E-state index contributed by atoms with van der Waals surface area (Å²) in [6, 6.07) is 13.1. The first-order valence-electron chi connectivity index (χ1n) is 9.52. The molecule has 1 heterocycles. The number of aldehydes is 1. The third kappa shape index (κ3) is 6.27. The van der Waals surface area contributed by atoms with Crippen LogP contribution in [0.4, 0.5) is 5.69 Å². The summed E-state index contributed by atoms with van der Waals surface area (Å²) < 4.78 is 12.1. The van der Waals surface area contributed by atoms with Gasteiger partial charge in [0, 0.05) is 37.1 Å². The van der Waals surface area contributed by atoms with Crippen molar-refractivity contribution >= 4 is 23.0 Å². The lowest BCUT2D eigenvalue weighted by molar-refractivity contribution is -0.123. The Kier molecular flexibility index (Phi) is 10.4. The minimum Gasteiger partial charge on any atom is -0.398 e. The van der Waals surface area contributed by atoms with Crippen molar-refractivity contribution in [1.29, 1.82) is 0 Å². The first-order chi connectivity index (χ1) is 14.0. The molecule has 0 saturated carbocycles. The Balaban J connectivity index is 0.000000358. The molecule has 0 unspecified atom stereocenters. The van der Waals surface area contributed by atoms with Crippen LogP contribution in [0.1, 0.15) is 31.1 Å². The Bertz CT molecular complexity index is 900. The number of imidazole rings is 1. The van der Waals surface area contributed by atoms with Gasteiger partial charge in [-0.3, -0.25) is 4.79 Å². The largest absolute Gasteiger partial charge is 0.398 e. The molecule has 6 heteroatoms. The highest BCUT2D eigenvalue weighted by Gasteiger charge is 2.13. The van der Waals surface area contributed by atoms with Crippen LogP contribution < -0.4 is 5.73 Å². The zero-order valence-electron chi connectivity index (χ0n) is 17.7. The fourth-order valence-electron chi connectivity index (χ4n) is 2.79. The number of para-hydroxylation sites is 2. The smallest absolute Gasteiger partial charge is 0.154 e. The molecule has 1 aromatic heterocycles. The number of nitrogens with zero attached hydrogens (tertiary/aromatic N) is 2. The number of fused-ring (bicyclic) bond motifs is 1. The van der Waals surface area contributed by atoms with Crippen LogP contribution in [0.3, 0.4) is 0 Å². The van der Waals surface area contributed by atoms with E-state index in [1.807, 2.05) is 68.8 Å². The fourth-order valence-corrected chi connectivity index (χ4v) is 2.79. The monoisotopic (exact) mass is 397 g/mol. The van der Waals surface area contributed by atoms with Crippen molar-refractivity contribution in [3.63, 3.8) is 0 Å². The Morgan fingerprint density at radius 3 is 2.28 bits per heavy atom. The van der Waals surface area contributed by atoms with Gasteiger partial charge in [0.25, 0.3) is 0 Å². The highest BCUT2D eigenvalue weighted by atomic mass is 16.7. The van der Waals surface area contributed by atoms with Gasteiger partial charge in [0.2, 0.25) is 0 Å². The van der Waals surface area contributed by atoms with Gasteiger partial charge in [-0.1, -0.05) is 18.2 Å². The molecule has 29 heavy (non-hydrogen) atoms. The number of rotatable bonds is 6. The second kappa shape index (κ2) is 12.5. The topological polar surface area (TPSA) is 79.4 Å². The molecule has 0 saturated heterocycles. The number of nitrogens with two attached hydrogens (primary N) is 1. The van der Waals surface area contributed by atoms with Crippen LogP contribution in [0, 0.1) is 0 Å². The Hall–Kier alpha value is -2.96. The first kappa shape index (κ1) is 24.1. The van der Waals surface area contributed by atoms with E-state index in [1.54, 1.807) is 6.07 Å². The van der Waals surface area contributed by atoms with E-state index in [2.05, 4.69) is 18.1 Å². The number of aromatic nitrogens is 2. The maximum Gasteiger partial charge on any atom is 0.154 e. The Morgan fingerprint density at radius 2 is 1.72 bits per heavy atom. The number of aryl methyl sites for hydroxylation is 1. The maximum atomic E-state index is 11.1. The van der Waals surface area contributed by atoms with Crippen LogP contribution in [0.25, 0.3) is 22.4 Å². The van der Waals surface area contributed by atoms with Crippen molar-refractivity contribution in [2.75, 3.05) is 18.9 Å². The van der Waals surface area contributed by atoms with Gasteiger partial charge in [-0.15, -0.1) is 13.2 Å². The zero-order valence-corrected chi connectivity index (χ0v) is 17.7. The van der Waals surface area contributed by atoms with Crippen LogP contribution in [0.15, 0.2) is 55.6 Å². The third-order valence-electron chi connectivity index (χ3n) is 4.07. The molecule has 6 nitrogen and oxygen atoms in total. The number of anilines is 1. The van der Waals surface area contributed by atoms with E-state index in [4.69, 9.17) is 15.2 Å². The molecule has 156 valence electrons. The molecule has 0 bridgehead atoms. The van der Waals surface area contributed by atoms with Crippen molar-refractivity contribution in [3.05, 3.63) is 61.2 Å². The molecule has 0 spiro atoms. The second-order valence-electron chi connectivity index (χ2n) is 5.89. The Morgan fingerprint density at radius 1 is 1.10 bits per heavy atom. The van der Waals surface area contributed by atoms with Crippen LogP contribution in [0.5, 0.6) is 0 Å². The summed E-state index contributed by atoms with van der Waals surface area (Å²) in [5.74, 6) is 0.766. The van der Waals surface area contributed by atoms with Crippen LogP contribution >= 0.6 is 0 Å². The van der Waals surface area contributed by atoms with Gasteiger partial charge in [-0.25, -0.2) is 4.98 Å². The number of carbonyl (C=O) groups excluding carboxylic acids is 1. The number of hydrogen-bond acceptors (Lipinski definition) is 5. The van der Waals surface area contributed by atoms with E-state index in [0.29, 0.717) is 16.8 Å². The van der Waals surface area contributed by atoms with Gasteiger partial charge in [-0.05, 0) is 45.0 Å². The van der Waals surface area contributed by atoms with Crippen LogP contribution in [-0.2, 0) is 16.5 Å². The summed E-state index contributed by atoms with van der Waals surface area (Å²) in [7, 11) is 1.92. The summed E-state index contributed by atoms with van der Waals surface area (Å²) in [4.78, 5) is 15.6. The molecule has 3 rings (SSSR count). The molecule has 0 fully saturated rings. The van der Waals surface area contributed by atoms with Crippen LogP contribution in [-0.4, -0.2) is 35.3 Å². The highest BCUT2D eigenvalue weighted by Crippen LogP contribution is 2.28. The molecule has 0 amide bonds. The normalized spacial score (nSPS) is 10.1. The summed E-state index contributed by atoms with van der Waals surface area (Å²) in [5, 5.41) is 0. The van der Waals surface area contributed by atoms with Crippen LogP contribution in [0.2, 0.25) is 0 Å². The van der Waals surface area contributed by atoms with Gasteiger partial charge < -0.3 is 19.8 Å². The molecular formula is C23H31N3O3. The quantitative estimate of drug-likeness (QED) is 0.279. The average molecular weight is 398 g/mol. The number of carbonyl (C=O) groups is 1. The third-order valence-corrected chi connectivity index (χ3v) is 4.07. The summed E-state index contributed by atoms with van der Waals surface area (Å²) in [5.41, 5.74) is 9.76. The van der Waals surface area contributed by atoms with E-state index < -0.39 is 0 Å². The van der Waals surface area contributed by atoms with Crippen molar-refractivity contribution in [2.24, 2.45) is 7.05 Å². The van der Waals surface area contributed by atoms with E-state index >= 15 is 0 Å². The highest BCUT2D eigenvalue weighted by molar-refractivity contribution is 5.96. The molecule has 2 aromatic carbocycles. The van der Waals surface area contributed by atoms with E-state index in [-0.39, 0.29) is 6.29 Å². The predicted octanol–water partition coefficient (Wildman–Crippen LogP) is 4.84. The molecule has 0 aliphatic heterocycles. The lowest BCUT2D eigenvalue weighted by atomic mass is 10.2. The van der Waals surface area contributed by atoms with E-state index in [0.717, 1.165) is 36.4 Å².